The Labute approximate surface area is 194 Å². The summed E-state index contributed by atoms with van der Waals surface area (Å²) in [6.07, 6.45) is -1.02. The fourth-order valence-corrected chi connectivity index (χ4v) is 5.19. The molecule has 33 heavy (non-hydrogen) atoms. The molecule has 7 nitrogen and oxygen atoms in total. The molecule has 1 aliphatic rings. The predicted molar refractivity (Wildman–Crippen MR) is 128 cm³/mol. The molecular formula is C25H26N2O5S. The first-order valence-electron chi connectivity index (χ1n) is 10.7. The van der Waals surface area contributed by atoms with Crippen LogP contribution in [-0.4, -0.2) is 33.1 Å². The van der Waals surface area contributed by atoms with Gasteiger partial charge in [0.05, 0.1) is 24.1 Å². The topological polar surface area (TPSA) is 84.9 Å². The molecule has 0 aliphatic carbocycles. The van der Waals surface area contributed by atoms with Crippen molar-refractivity contribution in [3.63, 3.8) is 0 Å². The van der Waals surface area contributed by atoms with Crippen molar-refractivity contribution in [3.05, 3.63) is 84.4 Å². The van der Waals surface area contributed by atoms with Crippen molar-refractivity contribution < 1.29 is 22.7 Å². The van der Waals surface area contributed by atoms with E-state index >= 15 is 0 Å². The van der Waals surface area contributed by atoms with Crippen LogP contribution in [0, 0.1) is 0 Å². The van der Waals surface area contributed by atoms with Gasteiger partial charge in [-0.25, -0.2) is 8.42 Å². The first-order valence-corrected chi connectivity index (χ1v) is 12.3. The summed E-state index contributed by atoms with van der Waals surface area (Å²) < 4.78 is 39.5. The van der Waals surface area contributed by atoms with E-state index in [-0.39, 0.29) is 18.4 Å². The number of rotatable bonds is 7. The largest absolute Gasteiger partial charge is 0.491 e. The van der Waals surface area contributed by atoms with Crippen LogP contribution in [-0.2, 0) is 20.6 Å². The average Bonchev–Trinajstić information content (AvgIpc) is 2.78. The van der Waals surface area contributed by atoms with E-state index in [0.717, 1.165) is 0 Å². The number of carbonyl (C=O) groups is 1. The van der Waals surface area contributed by atoms with Crippen molar-refractivity contribution in [1.29, 1.82) is 0 Å². The Morgan fingerprint density at radius 3 is 2.55 bits per heavy atom. The van der Waals surface area contributed by atoms with Crippen LogP contribution in [0.5, 0.6) is 11.5 Å². The van der Waals surface area contributed by atoms with Gasteiger partial charge in [-0.15, -0.1) is 0 Å². The van der Waals surface area contributed by atoms with Gasteiger partial charge in [0, 0.05) is 11.8 Å². The maximum atomic E-state index is 13.3. The maximum Gasteiger partial charge on any atom is 0.267 e. The maximum absolute atomic E-state index is 13.3. The van der Waals surface area contributed by atoms with Gasteiger partial charge in [0.2, 0.25) is 10.0 Å². The van der Waals surface area contributed by atoms with E-state index in [9.17, 15) is 13.2 Å². The van der Waals surface area contributed by atoms with Gasteiger partial charge >= 0.3 is 0 Å². The van der Waals surface area contributed by atoms with Gasteiger partial charge in [-0.3, -0.25) is 9.10 Å². The van der Waals surface area contributed by atoms with Crippen molar-refractivity contribution in [2.75, 3.05) is 16.2 Å². The molecule has 3 aromatic rings. The third kappa shape index (κ3) is 5.46. The van der Waals surface area contributed by atoms with E-state index in [4.69, 9.17) is 9.47 Å². The molecule has 1 atom stereocenters. The van der Waals surface area contributed by atoms with E-state index < -0.39 is 22.0 Å². The Morgan fingerprint density at radius 2 is 1.79 bits per heavy atom. The van der Waals surface area contributed by atoms with Crippen LogP contribution < -0.4 is 19.1 Å². The monoisotopic (exact) mass is 466 g/mol. The number of nitrogens with zero attached hydrogens (tertiary/aromatic N) is 1. The molecule has 0 saturated heterocycles. The predicted octanol–water partition coefficient (Wildman–Crippen LogP) is 4.21. The lowest BCUT2D eigenvalue weighted by Crippen LogP contribution is -2.49. The van der Waals surface area contributed by atoms with Crippen LogP contribution in [0.15, 0.2) is 78.9 Å². The number of sulfonamides is 1. The van der Waals surface area contributed by atoms with E-state index in [2.05, 4.69) is 5.32 Å². The summed E-state index contributed by atoms with van der Waals surface area (Å²) in [6.45, 7) is 3.71. The minimum absolute atomic E-state index is 0.00231. The summed E-state index contributed by atoms with van der Waals surface area (Å²) in [7, 11) is -3.76. The quantitative estimate of drug-likeness (QED) is 0.564. The number of ether oxygens (including phenoxy) is 2. The number of anilines is 2. The second-order valence-corrected chi connectivity index (χ2v) is 9.92. The molecular weight excluding hydrogens is 440 g/mol. The highest BCUT2D eigenvalue weighted by Gasteiger charge is 2.36. The number of hydrogen-bond donors (Lipinski definition) is 1. The Morgan fingerprint density at radius 1 is 1.06 bits per heavy atom. The van der Waals surface area contributed by atoms with Gasteiger partial charge in [0.25, 0.3) is 5.91 Å². The minimum Gasteiger partial charge on any atom is -0.491 e. The van der Waals surface area contributed by atoms with E-state index in [1.54, 1.807) is 72.8 Å². The summed E-state index contributed by atoms with van der Waals surface area (Å²) >= 11 is 0. The second kappa shape index (κ2) is 9.54. The molecule has 3 aromatic carbocycles. The lowest BCUT2D eigenvalue weighted by Gasteiger charge is -2.34. The number of benzene rings is 3. The highest BCUT2D eigenvalue weighted by molar-refractivity contribution is 7.92. The standard InChI is InChI=1S/C25H26N2O5S/c1-18(2)31-21-12-8-11-20(15-21)26-25(28)24-16-27(22-13-6-7-14-23(22)32-24)33(29,30)17-19-9-4-3-5-10-19/h3-15,18,24H,16-17H2,1-2H3,(H,26,28)/t24-/m1/s1. The van der Waals surface area contributed by atoms with E-state index in [1.165, 1.54) is 4.31 Å². The molecule has 0 fully saturated rings. The molecule has 0 aromatic heterocycles. The summed E-state index contributed by atoms with van der Waals surface area (Å²) in [5.74, 6) is 0.360. The molecule has 0 saturated carbocycles. The summed E-state index contributed by atoms with van der Waals surface area (Å²) in [5, 5.41) is 2.81. The van der Waals surface area contributed by atoms with Gasteiger partial charge in [0.15, 0.2) is 6.10 Å². The Balaban J connectivity index is 1.56. The van der Waals surface area contributed by atoms with Crippen LogP contribution in [0.3, 0.4) is 0 Å². The summed E-state index contributed by atoms with van der Waals surface area (Å²) in [6, 6.07) is 22.8. The Kier molecular flexibility index (Phi) is 6.55. The molecule has 1 N–H and O–H groups in total. The second-order valence-electron chi connectivity index (χ2n) is 8.03. The van der Waals surface area contributed by atoms with Crippen LogP contribution >= 0.6 is 0 Å². The van der Waals surface area contributed by atoms with Crippen molar-refractivity contribution in [2.45, 2.75) is 31.8 Å². The van der Waals surface area contributed by atoms with Crippen molar-refractivity contribution in [2.24, 2.45) is 0 Å². The summed E-state index contributed by atoms with van der Waals surface area (Å²) in [4.78, 5) is 13.0. The van der Waals surface area contributed by atoms with Gasteiger partial charge in [-0.2, -0.15) is 0 Å². The lowest BCUT2D eigenvalue weighted by molar-refractivity contribution is -0.122. The molecule has 172 valence electrons. The van der Waals surface area contributed by atoms with Gasteiger partial charge < -0.3 is 14.8 Å². The lowest BCUT2D eigenvalue weighted by atomic mass is 10.2. The summed E-state index contributed by atoms with van der Waals surface area (Å²) in [5.41, 5.74) is 1.63. The molecule has 0 bridgehead atoms. The molecule has 0 radical (unpaired) electrons. The third-order valence-electron chi connectivity index (χ3n) is 5.03. The van der Waals surface area contributed by atoms with E-state index in [0.29, 0.717) is 28.4 Å². The highest BCUT2D eigenvalue weighted by Crippen LogP contribution is 2.36. The Hall–Kier alpha value is -3.52. The molecule has 8 heteroatoms. The molecule has 1 amide bonds. The first-order chi connectivity index (χ1) is 15.8. The zero-order chi connectivity index (χ0) is 23.4. The molecule has 1 aliphatic heterocycles. The van der Waals surface area contributed by atoms with Crippen molar-refractivity contribution in [3.8, 4) is 11.5 Å². The Bertz CT molecular complexity index is 1230. The normalized spacial score (nSPS) is 15.5. The number of nitrogens with one attached hydrogen (secondary N) is 1. The highest BCUT2D eigenvalue weighted by atomic mass is 32.2. The number of amides is 1. The fraction of sp³-hybridized carbons (Fsp3) is 0.240. The zero-order valence-electron chi connectivity index (χ0n) is 18.5. The number of hydrogen-bond acceptors (Lipinski definition) is 5. The first kappa shape index (κ1) is 22.7. The van der Waals surface area contributed by atoms with Crippen LogP contribution in [0.1, 0.15) is 19.4 Å². The fourth-order valence-electron chi connectivity index (χ4n) is 3.61. The zero-order valence-corrected chi connectivity index (χ0v) is 19.3. The average molecular weight is 467 g/mol. The van der Waals surface area contributed by atoms with Crippen LogP contribution in [0.4, 0.5) is 11.4 Å². The number of para-hydroxylation sites is 2. The molecule has 0 unspecified atom stereocenters. The molecule has 1 heterocycles. The van der Waals surface area contributed by atoms with Gasteiger partial charge in [0.1, 0.15) is 11.5 Å². The SMILES string of the molecule is CC(C)Oc1cccc(NC(=O)[C@H]2CN(S(=O)(=O)Cc3ccccc3)c3ccccc3O2)c1. The van der Waals surface area contributed by atoms with E-state index in [1.807, 2.05) is 19.9 Å². The number of fused-ring (bicyclic) bond motifs is 1. The molecule has 0 spiro atoms. The van der Waals surface area contributed by atoms with Gasteiger partial charge in [-0.05, 0) is 43.7 Å². The smallest absolute Gasteiger partial charge is 0.267 e. The van der Waals surface area contributed by atoms with Gasteiger partial charge in [-0.1, -0.05) is 48.5 Å². The van der Waals surface area contributed by atoms with Crippen molar-refractivity contribution in [1.82, 2.24) is 0 Å². The van der Waals surface area contributed by atoms with Crippen molar-refractivity contribution >= 4 is 27.3 Å². The minimum atomic E-state index is -3.76. The van der Waals surface area contributed by atoms with Crippen LogP contribution in [0.2, 0.25) is 0 Å². The van der Waals surface area contributed by atoms with Crippen LogP contribution in [0.25, 0.3) is 0 Å². The third-order valence-corrected chi connectivity index (χ3v) is 6.74. The molecule has 4 rings (SSSR count). The number of carbonyl (C=O) groups excluding carboxylic acids is 1.